The first-order chi connectivity index (χ1) is 18.8. The van der Waals surface area contributed by atoms with Gasteiger partial charge >= 0.3 is 0 Å². The van der Waals surface area contributed by atoms with Crippen LogP contribution in [-0.2, 0) is 0 Å². The smallest absolute Gasteiger partial charge is 0.0469 e. The molecule has 0 atom stereocenters. The van der Waals surface area contributed by atoms with Crippen molar-refractivity contribution in [3.63, 3.8) is 0 Å². The molecule has 0 saturated carbocycles. The third-order valence-electron chi connectivity index (χ3n) is 5.66. The molecule has 0 rings (SSSR count). The summed E-state index contributed by atoms with van der Waals surface area (Å²) in [5.41, 5.74) is 0. The van der Waals surface area contributed by atoms with Crippen LogP contribution in [0.15, 0.2) is 0 Å². The minimum atomic E-state index is 0.875. The van der Waals surface area contributed by atoms with Gasteiger partial charge in [-0.15, -0.1) is 0 Å². The summed E-state index contributed by atoms with van der Waals surface area (Å²) in [4.78, 5) is 0. The molecule has 0 aromatic heterocycles. The summed E-state index contributed by atoms with van der Waals surface area (Å²) in [5, 5.41) is 0. The second-order valence-corrected chi connectivity index (χ2v) is 18.1. The van der Waals surface area contributed by atoms with Gasteiger partial charge in [0.1, 0.15) is 0 Å². The molecule has 0 amide bonds. The van der Waals surface area contributed by atoms with Gasteiger partial charge < -0.3 is 0 Å². The predicted molar refractivity (Wildman–Crippen MR) is 206 cm³/mol. The summed E-state index contributed by atoms with van der Waals surface area (Å²) in [5.74, 6) is 10.5. The molecule has 0 aliphatic carbocycles. The molecule has 0 unspecified atom stereocenters. The van der Waals surface area contributed by atoms with E-state index in [9.17, 15) is 0 Å². The molecule has 0 aliphatic rings. The molecule has 0 aromatic rings. The lowest BCUT2D eigenvalue weighted by Crippen LogP contribution is -1.93. The minimum Gasteiger partial charge on any atom is -0.0628 e. The molecule has 0 heteroatoms. The van der Waals surface area contributed by atoms with E-state index in [1.807, 2.05) is 0 Å². The van der Waals surface area contributed by atoms with Gasteiger partial charge in [0.15, 0.2) is 0 Å². The van der Waals surface area contributed by atoms with Gasteiger partial charge in [-0.3, -0.25) is 0 Å². The molecule has 0 bridgehead atoms. The predicted octanol–water partition coefficient (Wildman–Crippen LogP) is 16.1. The van der Waals surface area contributed by atoms with E-state index in [4.69, 9.17) is 0 Å². The van der Waals surface area contributed by atoms with E-state index in [1.54, 1.807) is 0 Å². The van der Waals surface area contributed by atoms with Crippen LogP contribution in [0.2, 0.25) is 0 Å². The Bertz CT molecular complexity index is 284. The van der Waals surface area contributed by atoms with E-state index in [1.165, 1.54) is 38.5 Å². The fourth-order valence-electron chi connectivity index (χ4n) is 5.66. The average Bonchev–Trinajstić information content (AvgIpc) is 2.63. The molecule has 0 heterocycles. The Morgan fingerprint density at radius 2 is 0.190 bits per heavy atom. The fourth-order valence-corrected chi connectivity index (χ4v) is 5.66. The summed E-state index contributed by atoms with van der Waals surface area (Å²) in [6.45, 7) is 54.3. The van der Waals surface area contributed by atoms with Gasteiger partial charge in [-0.25, -0.2) is 0 Å². The van der Waals surface area contributed by atoms with Crippen LogP contribution in [0, 0.1) is 71.0 Å². The van der Waals surface area contributed by atoms with Crippen molar-refractivity contribution in [3.05, 3.63) is 0 Å². The summed E-state index contributed by atoms with van der Waals surface area (Å²) in [7, 11) is 0. The largest absolute Gasteiger partial charge is 0.0628 e. The van der Waals surface area contributed by atoms with Crippen LogP contribution in [0.25, 0.3) is 0 Å². The van der Waals surface area contributed by atoms with Crippen LogP contribution < -0.4 is 0 Å². The summed E-state index contributed by atoms with van der Waals surface area (Å²) in [6.07, 6.45) is 8.17. The second-order valence-electron chi connectivity index (χ2n) is 18.1. The van der Waals surface area contributed by atoms with Gasteiger partial charge in [0, 0.05) is 0 Å². The van der Waals surface area contributed by atoms with Crippen molar-refractivity contribution in [3.8, 4) is 0 Å². The highest BCUT2D eigenvalue weighted by molar-refractivity contribution is 4.50. The highest BCUT2D eigenvalue weighted by atomic mass is 14.0. The summed E-state index contributed by atoms with van der Waals surface area (Å²) < 4.78 is 0. The lowest BCUT2D eigenvalue weighted by Gasteiger charge is -2.05. The molecular formula is C42H96. The fraction of sp³-hybridized carbons (Fsp3) is 1.00. The lowest BCUT2D eigenvalue weighted by molar-refractivity contribution is 0.469. The normalized spacial score (nSPS) is 11.1. The Morgan fingerprint density at radius 3 is 0.190 bits per heavy atom. The monoisotopic (exact) mass is 601 g/mol. The van der Waals surface area contributed by atoms with E-state index in [2.05, 4.69) is 166 Å². The third kappa shape index (κ3) is 106. The van der Waals surface area contributed by atoms with Crippen molar-refractivity contribution in [2.45, 2.75) is 205 Å². The molecule has 0 N–H and O–H groups in total. The first-order valence-electron chi connectivity index (χ1n) is 18.8. The highest BCUT2D eigenvalue weighted by Crippen LogP contribution is 2.11. The summed E-state index contributed by atoms with van der Waals surface area (Å²) >= 11 is 0. The van der Waals surface area contributed by atoms with Gasteiger partial charge in [-0.1, -0.05) is 166 Å². The van der Waals surface area contributed by atoms with Crippen molar-refractivity contribution in [2.24, 2.45) is 71.0 Å². The van der Waals surface area contributed by atoms with Crippen LogP contribution in [0.4, 0.5) is 0 Å². The van der Waals surface area contributed by atoms with Crippen molar-refractivity contribution in [2.75, 3.05) is 0 Å². The molecule has 0 nitrogen and oxygen atoms in total. The summed E-state index contributed by atoms with van der Waals surface area (Å²) in [6, 6.07) is 0. The van der Waals surface area contributed by atoms with Crippen molar-refractivity contribution < 1.29 is 0 Å². The van der Waals surface area contributed by atoms with Crippen molar-refractivity contribution in [1.29, 1.82) is 0 Å². The topological polar surface area (TPSA) is 0 Å². The van der Waals surface area contributed by atoms with Crippen LogP contribution in [-0.4, -0.2) is 0 Å². The van der Waals surface area contributed by atoms with E-state index in [0.717, 1.165) is 71.0 Å². The van der Waals surface area contributed by atoms with Gasteiger partial charge in [0.2, 0.25) is 0 Å². The van der Waals surface area contributed by atoms with Crippen molar-refractivity contribution >= 4 is 0 Å². The molecule has 264 valence electrons. The SMILES string of the molecule is CC(C)CC(C)C.CC(C)CC(C)C.CC(C)CC(C)C.CC(C)CC(C)C.CC(C)CC(C)C.CC(C)CC(C)C. The van der Waals surface area contributed by atoms with E-state index >= 15 is 0 Å². The molecular weight excluding hydrogens is 504 g/mol. The molecule has 0 fully saturated rings. The Hall–Kier alpha value is 0. The Balaban J connectivity index is -0.0000000926. The average molecular weight is 601 g/mol. The van der Waals surface area contributed by atoms with Gasteiger partial charge in [-0.2, -0.15) is 0 Å². The molecule has 42 heavy (non-hydrogen) atoms. The van der Waals surface area contributed by atoms with Crippen LogP contribution in [0.3, 0.4) is 0 Å². The number of rotatable bonds is 12. The zero-order chi connectivity index (χ0) is 35.2. The Kier molecular flexibility index (Phi) is 48.2. The number of hydrogen-bond donors (Lipinski definition) is 0. The maximum absolute atomic E-state index is 2.26. The molecule has 0 aromatic carbocycles. The zero-order valence-electron chi connectivity index (χ0n) is 35.2. The van der Waals surface area contributed by atoms with Gasteiger partial charge in [-0.05, 0) is 110 Å². The van der Waals surface area contributed by atoms with E-state index in [-0.39, 0.29) is 0 Å². The first-order valence-corrected chi connectivity index (χ1v) is 18.8. The Morgan fingerprint density at radius 1 is 0.143 bits per heavy atom. The zero-order valence-corrected chi connectivity index (χ0v) is 35.2. The van der Waals surface area contributed by atoms with Crippen LogP contribution in [0.5, 0.6) is 0 Å². The molecule has 0 aliphatic heterocycles. The quantitative estimate of drug-likeness (QED) is 0.209. The molecule has 0 radical (unpaired) electrons. The van der Waals surface area contributed by atoms with E-state index in [0.29, 0.717) is 0 Å². The van der Waals surface area contributed by atoms with Crippen LogP contribution in [0.1, 0.15) is 205 Å². The second kappa shape index (κ2) is 37.2. The maximum atomic E-state index is 2.26. The first kappa shape index (κ1) is 54.5. The third-order valence-corrected chi connectivity index (χ3v) is 5.66. The standard InChI is InChI=1S/6C7H16/c6*1-6(2)5-7(3)4/h6*6-7H,5H2,1-4H3. The highest BCUT2D eigenvalue weighted by Gasteiger charge is 1.98. The number of hydrogen-bond acceptors (Lipinski definition) is 0. The van der Waals surface area contributed by atoms with Gasteiger partial charge in [0.25, 0.3) is 0 Å². The van der Waals surface area contributed by atoms with Crippen LogP contribution >= 0.6 is 0 Å². The molecule has 0 saturated heterocycles. The van der Waals surface area contributed by atoms with Crippen molar-refractivity contribution in [1.82, 2.24) is 0 Å². The maximum Gasteiger partial charge on any atom is -0.0469 e. The van der Waals surface area contributed by atoms with Gasteiger partial charge in [0.05, 0.1) is 0 Å². The minimum absolute atomic E-state index is 0.875. The Labute approximate surface area is 275 Å². The van der Waals surface area contributed by atoms with E-state index < -0.39 is 0 Å². The molecule has 0 spiro atoms. The lowest BCUT2D eigenvalue weighted by atomic mass is 10.0.